The van der Waals surface area contributed by atoms with Crippen LogP contribution < -0.4 is 4.90 Å². The average Bonchev–Trinajstić information content (AvgIpc) is 3.95. The fourth-order valence-electron chi connectivity index (χ4n) is 10.4. The van der Waals surface area contributed by atoms with E-state index in [9.17, 15) is 0 Å². The second-order valence-corrected chi connectivity index (χ2v) is 17.2. The first-order chi connectivity index (χ1) is 33.2. The van der Waals surface area contributed by atoms with Crippen LogP contribution in [0.4, 0.5) is 17.1 Å². The lowest BCUT2D eigenvalue weighted by Crippen LogP contribution is -2.10. The predicted octanol–water partition coefficient (Wildman–Crippen LogP) is 18.0. The van der Waals surface area contributed by atoms with Crippen LogP contribution >= 0.6 is 0 Å². The third kappa shape index (κ3) is 6.51. The van der Waals surface area contributed by atoms with Gasteiger partial charge in [0.05, 0.1) is 16.7 Å². The van der Waals surface area contributed by atoms with Gasteiger partial charge in [-0.2, -0.15) is 0 Å². The van der Waals surface area contributed by atoms with Crippen LogP contribution in [0.15, 0.2) is 259 Å². The van der Waals surface area contributed by atoms with Gasteiger partial charge in [-0.15, -0.1) is 0 Å². The Hall–Kier alpha value is -8.92. The molecule has 0 fully saturated rings. The molecule has 3 nitrogen and oxygen atoms in total. The summed E-state index contributed by atoms with van der Waals surface area (Å²) in [5.74, 6) is 0. The van der Waals surface area contributed by atoms with Crippen molar-refractivity contribution in [2.24, 2.45) is 0 Å². The van der Waals surface area contributed by atoms with Gasteiger partial charge in [-0.1, -0.05) is 194 Å². The highest BCUT2D eigenvalue weighted by Crippen LogP contribution is 2.44. The van der Waals surface area contributed by atoms with Gasteiger partial charge in [0, 0.05) is 49.7 Å². The van der Waals surface area contributed by atoms with Crippen molar-refractivity contribution in [1.82, 2.24) is 4.57 Å². The average molecular weight is 855 g/mol. The summed E-state index contributed by atoms with van der Waals surface area (Å²) in [4.78, 5) is 2.38. The van der Waals surface area contributed by atoms with Gasteiger partial charge >= 0.3 is 0 Å². The van der Waals surface area contributed by atoms with Crippen molar-refractivity contribution >= 4 is 71.6 Å². The maximum absolute atomic E-state index is 6.56. The first-order valence-corrected chi connectivity index (χ1v) is 22.9. The molecule has 0 aliphatic heterocycles. The van der Waals surface area contributed by atoms with Gasteiger partial charge in [0.25, 0.3) is 0 Å². The quantitative estimate of drug-likeness (QED) is 0.152. The van der Waals surface area contributed by atoms with Crippen molar-refractivity contribution in [2.75, 3.05) is 4.90 Å². The number of aromatic nitrogens is 1. The fourth-order valence-corrected chi connectivity index (χ4v) is 10.4. The molecule has 0 aliphatic carbocycles. The highest BCUT2D eigenvalue weighted by Gasteiger charge is 2.20. The van der Waals surface area contributed by atoms with Gasteiger partial charge in [-0.3, -0.25) is 0 Å². The number of furan rings is 1. The van der Waals surface area contributed by atoms with Crippen LogP contribution in [0.2, 0.25) is 0 Å². The monoisotopic (exact) mass is 854 g/mol. The molecule has 0 amide bonds. The number of hydrogen-bond acceptors (Lipinski definition) is 2. The van der Waals surface area contributed by atoms with Crippen molar-refractivity contribution < 1.29 is 4.42 Å². The van der Waals surface area contributed by atoms with Gasteiger partial charge in [0.1, 0.15) is 11.2 Å². The topological polar surface area (TPSA) is 21.3 Å². The number of hydrogen-bond donors (Lipinski definition) is 0. The molecular formula is C64H42N2O. The lowest BCUT2D eigenvalue weighted by atomic mass is 9.93. The second kappa shape index (κ2) is 16.0. The summed E-state index contributed by atoms with van der Waals surface area (Å²) in [5, 5.41) is 7.20. The van der Waals surface area contributed by atoms with Crippen LogP contribution in [0, 0.1) is 0 Å². The molecule has 2 heterocycles. The van der Waals surface area contributed by atoms with Crippen molar-refractivity contribution in [3.63, 3.8) is 0 Å². The molecule has 3 heteroatoms. The minimum absolute atomic E-state index is 0.893. The Morgan fingerprint density at radius 2 is 0.806 bits per heavy atom. The predicted molar refractivity (Wildman–Crippen MR) is 282 cm³/mol. The van der Waals surface area contributed by atoms with Crippen LogP contribution in [0.5, 0.6) is 0 Å². The van der Waals surface area contributed by atoms with Gasteiger partial charge in [-0.05, 0) is 105 Å². The number of benzene rings is 11. The van der Waals surface area contributed by atoms with Gasteiger partial charge < -0.3 is 13.9 Å². The first kappa shape index (κ1) is 38.5. The van der Waals surface area contributed by atoms with Gasteiger partial charge in [-0.25, -0.2) is 0 Å². The first-order valence-electron chi connectivity index (χ1n) is 22.9. The van der Waals surface area contributed by atoms with Crippen molar-refractivity contribution in [3.05, 3.63) is 255 Å². The number of nitrogens with zero attached hydrogens (tertiary/aromatic N) is 2. The fraction of sp³-hybridized carbons (Fsp3) is 0. The molecule has 11 aromatic carbocycles. The van der Waals surface area contributed by atoms with Crippen LogP contribution in [-0.2, 0) is 0 Å². The standard InChI is InChI=1S/C64H42N2O/c1-2-23-50-43(17-1)18-15-30-52(50)45-19-13-21-48(41-45)65(49-22-14-20-46(42-49)53-31-16-32-59-58-29-8-12-36-63(58)67-64(53)59)47-39-37-44(38-40-47)51-24-3-4-25-54(51)55-26-5-9-33-60(55)66-61-34-10-6-27-56(61)57-28-7-11-35-62(57)66/h1-42H. The minimum atomic E-state index is 0.893. The normalized spacial score (nSPS) is 11.6. The van der Waals surface area contributed by atoms with Crippen LogP contribution in [0.1, 0.15) is 0 Å². The second-order valence-electron chi connectivity index (χ2n) is 17.2. The van der Waals surface area contributed by atoms with Gasteiger partial charge in [0.15, 0.2) is 0 Å². The lowest BCUT2D eigenvalue weighted by Gasteiger charge is -2.27. The lowest BCUT2D eigenvalue weighted by molar-refractivity contribution is 0.670. The molecule has 2 aromatic heterocycles. The summed E-state index contributed by atoms with van der Waals surface area (Å²) in [6.07, 6.45) is 0. The summed E-state index contributed by atoms with van der Waals surface area (Å²) >= 11 is 0. The van der Waals surface area contributed by atoms with Crippen molar-refractivity contribution in [1.29, 1.82) is 0 Å². The van der Waals surface area contributed by atoms with E-state index in [4.69, 9.17) is 4.42 Å². The van der Waals surface area contributed by atoms with E-state index < -0.39 is 0 Å². The molecule has 0 saturated carbocycles. The van der Waals surface area contributed by atoms with E-state index in [1.54, 1.807) is 0 Å². The highest BCUT2D eigenvalue weighted by atomic mass is 16.3. The summed E-state index contributed by atoms with van der Waals surface area (Å²) in [7, 11) is 0. The largest absolute Gasteiger partial charge is 0.455 e. The van der Waals surface area contributed by atoms with Crippen LogP contribution in [-0.4, -0.2) is 4.57 Å². The molecule has 67 heavy (non-hydrogen) atoms. The Bertz CT molecular complexity index is 3950. The Balaban J connectivity index is 0.947. The molecule has 0 unspecified atom stereocenters. The third-order valence-corrected chi connectivity index (χ3v) is 13.4. The molecule has 0 spiro atoms. The summed E-state index contributed by atoms with van der Waals surface area (Å²) < 4.78 is 8.98. The Labute approximate surface area is 388 Å². The van der Waals surface area contributed by atoms with E-state index in [2.05, 4.69) is 252 Å². The van der Waals surface area contributed by atoms with Crippen molar-refractivity contribution in [3.8, 4) is 50.2 Å². The maximum atomic E-state index is 6.56. The SMILES string of the molecule is c1cc(-c2cccc3ccccc23)cc(N(c2ccc(-c3ccccc3-c3ccccc3-n3c4ccccc4c4ccccc43)cc2)c2cccc(-c3cccc4c3oc3ccccc34)c2)c1. The molecule has 0 bridgehead atoms. The molecular weight excluding hydrogens is 813 g/mol. The zero-order chi connectivity index (χ0) is 44.3. The number of rotatable bonds is 8. The van der Waals surface area contributed by atoms with E-state index in [1.165, 1.54) is 54.8 Å². The maximum Gasteiger partial charge on any atom is 0.143 e. The smallest absolute Gasteiger partial charge is 0.143 e. The van der Waals surface area contributed by atoms with E-state index in [0.717, 1.165) is 66.9 Å². The molecule has 314 valence electrons. The molecule has 0 N–H and O–H groups in total. The number of anilines is 3. The van der Waals surface area contributed by atoms with E-state index >= 15 is 0 Å². The van der Waals surface area contributed by atoms with E-state index in [1.807, 2.05) is 12.1 Å². The van der Waals surface area contributed by atoms with Gasteiger partial charge in [0.2, 0.25) is 0 Å². The summed E-state index contributed by atoms with van der Waals surface area (Å²) in [5.41, 5.74) is 17.7. The molecule has 0 atom stereocenters. The molecule has 0 aliphatic rings. The third-order valence-electron chi connectivity index (χ3n) is 13.4. The Morgan fingerprint density at radius 3 is 1.55 bits per heavy atom. The molecule has 13 aromatic rings. The van der Waals surface area contributed by atoms with Crippen LogP contribution in [0.25, 0.3) is 105 Å². The van der Waals surface area contributed by atoms with Crippen LogP contribution in [0.3, 0.4) is 0 Å². The summed E-state index contributed by atoms with van der Waals surface area (Å²) in [6.45, 7) is 0. The Kier molecular flexibility index (Phi) is 9.17. The zero-order valence-electron chi connectivity index (χ0n) is 36.6. The Morgan fingerprint density at radius 1 is 0.299 bits per heavy atom. The van der Waals surface area contributed by atoms with E-state index in [0.29, 0.717) is 0 Å². The summed E-state index contributed by atoms with van der Waals surface area (Å²) in [6, 6.07) is 91.9. The highest BCUT2D eigenvalue weighted by molar-refractivity contribution is 6.11. The minimum Gasteiger partial charge on any atom is -0.455 e. The number of fused-ring (bicyclic) bond motifs is 7. The van der Waals surface area contributed by atoms with E-state index in [-0.39, 0.29) is 0 Å². The number of para-hydroxylation sites is 5. The van der Waals surface area contributed by atoms with Crippen molar-refractivity contribution in [2.45, 2.75) is 0 Å². The molecule has 0 saturated heterocycles. The molecule has 13 rings (SSSR count). The molecule has 0 radical (unpaired) electrons. The zero-order valence-corrected chi connectivity index (χ0v) is 36.6.